The quantitative estimate of drug-likeness (QED) is 0.686. The van der Waals surface area contributed by atoms with Gasteiger partial charge in [0.2, 0.25) is 0 Å². The fourth-order valence-electron chi connectivity index (χ4n) is 2.05. The van der Waals surface area contributed by atoms with Gasteiger partial charge in [-0.25, -0.2) is 9.67 Å². The van der Waals surface area contributed by atoms with Crippen molar-refractivity contribution >= 4 is 0 Å². The lowest BCUT2D eigenvalue weighted by atomic mass is 10.1. The van der Waals surface area contributed by atoms with Crippen molar-refractivity contribution < 1.29 is 8.78 Å². The molecule has 0 spiro atoms. The first-order chi connectivity index (χ1) is 10.6. The second kappa shape index (κ2) is 5.96. The molecule has 0 fully saturated rings. The number of nitrogens with zero attached hydrogens (tertiary/aromatic N) is 7. The molecule has 114 valence electrons. The highest BCUT2D eigenvalue weighted by Crippen LogP contribution is 2.29. The largest absolute Gasteiger partial charge is 0.292 e. The molecule has 0 bridgehead atoms. The van der Waals surface area contributed by atoms with Gasteiger partial charge >= 0.3 is 0 Å². The van der Waals surface area contributed by atoms with Crippen molar-refractivity contribution in [2.45, 2.75) is 25.4 Å². The molecule has 2 heterocycles. The van der Waals surface area contributed by atoms with Crippen LogP contribution >= 0.6 is 0 Å². The molecule has 0 N–H and O–H groups in total. The maximum absolute atomic E-state index is 14.3. The van der Waals surface area contributed by atoms with Gasteiger partial charge in [-0.2, -0.15) is 13.9 Å². The second-order valence-electron chi connectivity index (χ2n) is 4.73. The van der Waals surface area contributed by atoms with Crippen LogP contribution in [0, 0.1) is 0 Å². The fourth-order valence-corrected chi connectivity index (χ4v) is 2.05. The molecule has 0 aliphatic heterocycles. The summed E-state index contributed by atoms with van der Waals surface area (Å²) in [5.74, 6) is -2.66. The molecular formula is C13H13F2N7. The monoisotopic (exact) mass is 305 g/mol. The zero-order valence-corrected chi connectivity index (χ0v) is 11.5. The van der Waals surface area contributed by atoms with Crippen LogP contribution in [0.3, 0.4) is 0 Å². The molecule has 2 aromatic heterocycles. The van der Waals surface area contributed by atoms with Crippen molar-refractivity contribution in [3.8, 4) is 0 Å². The molecule has 3 aromatic rings. The minimum absolute atomic E-state index is 0.0623. The molecule has 0 aliphatic rings. The fraction of sp³-hybridized carbons (Fsp3) is 0.308. The van der Waals surface area contributed by atoms with E-state index < -0.39 is 12.5 Å². The van der Waals surface area contributed by atoms with Crippen molar-refractivity contribution in [2.75, 3.05) is 0 Å². The Labute approximate surface area is 124 Å². The minimum atomic E-state index is -3.04. The summed E-state index contributed by atoms with van der Waals surface area (Å²) in [7, 11) is 0. The first-order valence-electron chi connectivity index (χ1n) is 6.66. The summed E-state index contributed by atoms with van der Waals surface area (Å²) in [6.45, 7) is -0.131. The van der Waals surface area contributed by atoms with Crippen LogP contribution in [0.15, 0.2) is 43.0 Å². The van der Waals surface area contributed by atoms with Gasteiger partial charge < -0.3 is 0 Å². The molecule has 0 saturated heterocycles. The Bertz CT molecular complexity index is 709. The topological polar surface area (TPSA) is 74.3 Å². The van der Waals surface area contributed by atoms with Gasteiger partial charge in [-0.1, -0.05) is 30.3 Å². The Morgan fingerprint density at radius 3 is 2.68 bits per heavy atom. The number of rotatable bonds is 6. The van der Waals surface area contributed by atoms with Gasteiger partial charge in [-0.15, -0.1) is 5.10 Å². The van der Waals surface area contributed by atoms with Gasteiger partial charge in [0.05, 0.1) is 0 Å². The number of halogens is 2. The molecule has 9 heteroatoms. The van der Waals surface area contributed by atoms with E-state index in [0.29, 0.717) is 18.8 Å². The Hall–Kier alpha value is -2.71. The Morgan fingerprint density at radius 1 is 1.14 bits per heavy atom. The van der Waals surface area contributed by atoms with E-state index in [1.54, 1.807) is 29.2 Å². The number of benzene rings is 1. The van der Waals surface area contributed by atoms with Crippen LogP contribution in [0.4, 0.5) is 8.78 Å². The summed E-state index contributed by atoms with van der Waals surface area (Å²) < 4.78 is 31.3. The average molecular weight is 305 g/mol. The molecule has 0 radical (unpaired) electrons. The third-order valence-electron chi connectivity index (χ3n) is 3.18. The van der Waals surface area contributed by atoms with Gasteiger partial charge in [0.15, 0.2) is 5.82 Å². The number of aromatic nitrogens is 7. The molecule has 22 heavy (non-hydrogen) atoms. The van der Waals surface area contributed by atoms with Crippen LogP contribution < -0.4 is 0 Å². The molecule has 0 aliphatic carbocycles. The number of aryl methyl sites for hydroxylation is 2. The first kappa shape index (κ1) is 14.2. The molecule has 7 nitrogen and oxygen atoms in total. The zero-order valence-electron chi connectivity index (χ0n) is 11.5. The molecule has 1 aromatic carbocycles. The van der Waals surface area contributed by atoms with Gasteiger partial charge in [-0.3, -0.25) is 4.68 Å². The molecule has 0 amide bonds. The predicted molar refractivity (Wildman–Crippen MR) is 71.9 cm³/mol. The lowest BCUT2D eigenvalue weighted by Gasteiger charge is -2.17. The summed E-state index contributed by atoms with van der Waals surface area (Å²) in [4.78, 5) is 3.82. The van der Waals surface area contributed by atoms with E-state index in [-0.39, 0.29) is 5.56 Å². The van der Waals surface area contributed by atoms with Gasteiger partial charge in [0.1, 0.15) is 19.2 Å². The van der Waals surface area contributed by atoms with Crippen LogP contribution in [0.5, 0.6) is 0 Å². The predicted octanol–water partition coefficient (Wildman–Crippen LogP) is 1.30. The van der Waals surface area contributed by atoms with E-state index in [0.717, 1.165) is 4.68 Å². The summed E-state index contributed by atoms with van der Waals surface area (Å²) in [5.41, 5.74) is -0.0623. The standard InChI is InChI=1S/C13H13F2N7/c14-13(15,11-4-2-1-3-5-11)8-22-12(18-19-20-22)6-7-21-10-16-9-17-21/h1-5,9-10H,6-8H2. The van der Waals surface area contributed by atoms with Crippen LogP contribution in [0.2, 0.25) is 0 Å². The minimum Gasteiger partial charge on any atom is -0.253 e. The maximum atomic E-state index is 14.3. The van der Waals surface area contributed by atoms with Gasteiger partial charge in [-0.05, 0) is 10.4 Å². The zero-order chi connectivity index (χ0) is 15.4. The van der Waals surface area contributed by atoms with Gasteiger partial charge in [0, 0.05) is 18.5 Å². The normalized spacial score (nSPS) is 11.7. The van der Waals surface area contributed by atoms with E-state index in [2.05, 4.69) is 25.6 Å². The van der Waals surface area contributed by atoms with Crippen molar-refractivity contribution in [1.82, 2.24) is 35.0 Å². The molecular weight excluding hydrogens is 292 g/mol. The van der Waals surface area contributed by atoms with E-state index in [1.165, 1.54) is 18.5 Å². The number of alkyl halides is 2. The average Bonchev–Trinajstić information content (AvgIpc) is 3.17. The van der Waals surface area contributed by atoms with Crippen LogP contribution in [-0.4, -0.2) is 35.0 Å². The Balaban J connectivity index is 1.72. The number of hydrogen-bond donors (Lipinski definition) is 0. The van der Waals surface area contributed by atoms with Crippen molar-refractivity contribution in [2.24, 2.45) is 0 Å². The van der Waals surface area contributed by atoms with Crippen molar-refractivity contribution in [1.29, 1.82) is 0 Å². The van der Waals surface area contributed by atoms with E-state index in [1.807, 2.05) is 0 Å². The molecule has 3 rings (SSSR count). The maximum Gasteiger partial charge on any atom is 0.292 e. The summed E-state index contributed by atoms with van der Waals surface area (Å²) in [5, 5.41) is 14.9. The Kier molecular flexibility index (Phi) is 3.86. The van der Waals surface area contributed by atoms with Gasteiger partial charge in [0.25, 0.3) is 5.92 Å². The lowest BCUT2D eigenvalue weighted by molar-refractivity contribution is -0.0266. The van der Waals surface area contributed by atoms with Crippen LogP contribution in [0.1, 0.15) is 11.4 Å². The molecule has 0 unspecified atom stereocenters. The smallest absolute Gasteiger partial charge is 0.253 e. The van der Waals surface area contributed by atoms with Crippen molar-refractivity contribution in [3.05, 3.63) is 54.4 Å². The van der Waals surface area contributed by atoms with Crippen LogP contribution in [0.25, 0.3) is 0 Å². The first-order valence-corrected chi connectivity index (χ1v) is 6.66. The molecule has 0 saturated carbocycles. The summed E-state index contributed by atoms with van der Waals surface area (Å²) in [6.07, 6.45) is 3.35. The Morgan fingerprint density at radius 2 is 1.95 bits per heavy atom. The summed E-state index contributed by atoms with van der Waals surface area (Å²) >= 11 is 0. The highest BCUT2D eigenvalue weighted by molar-refractivity contribution is 5.19. The number of tetrazole rings is 1. The second-order valence-corrected chi connectivity index (χ2v) is 4.73. The highest BCUT2D eigenvalue weighted by atomic mass is 19.3. The third-order valence-corrected chi connectivity index (χ3v) is 3.18. The van der Waals surface area contributed by atoms with Crippen LogP contribution in [-0.2, 0) is 25.4 Å². The lowest BCUT2D eigenvalue weighted by Crippen LogP contribution is -2.24. The molecule has 0 atom stereocenters. The summed E-state index contributed by atoms with van der Waals surface area (Å²) in [6, 6.07) is 7.63. The SMILES string of the molecule is FC(F)(Cn1nnnc1CCn1cncn1)c1ccccc1. The number of hydrogen-bond acceptors (Lipinski definition) is 5. The van der Waals surface area contributed by atoms with E-state index in [4.69, 9.17) is 0 Å². The third kappa shape index (κ3) is 3.13. The van der Waals surface area contributed by atoms with E-state index >= 15 is 0 Å². The highest BCUT2D eigenvalue weighted by Gasteiger charge is 2.33. The van der Waals surface area contributed by atoms with E-state index in [9.17, 15) is 8.78 Å². The van der Waals surface area contributed by atoms with Crippen molar-refractivity contribution in [3.63, 3.8) is 0 Å².